The number of nitrogens with zero attached hydrogens (tertiary/aromatic N) is 1. The van der Waals surface area contributed by atoms with Crippen molar-refractivity contribution in [3.05, 3.63) is 20.2 Å². The normalized spacial score (nSPS) is 10.7. The van der Waals surface area contributed by atoms with Gasteiger partial charge in [0.05, 0.1) is 0 Å². The molecule has 0 unspecified atom stereocenters. The molecule has 5 heteroatoms. The van der Waals surface area contributed by atoms with Crippen molar-refractivity contribution in [2.75, 3.05) is 0 Å². The first-order valence-corrected chi connectivity index (χ1v) is 3.70. The molecule has 1 aromatic rings. The highest BCUT2D eigenvalue weighted by Gasteiger charge is 2.03. The molecule has 1 N–H and O–H groups in total. The van der Waals surface area contributed by atoms with Crippen molar-refractivity contribution in [3.63, 3.8) is 0 Å². The molecule has 56 valence electrons. The van der Waals surface area contributed by atoms with Gasteiger partial charge in [0, 0.05) is 17.6 Å². The molecular weight excluding hydrogens is 152 g/mol. The first kappa shape index (κ1) is 7.27. The van der Waals surface area contributed by atoms with Crippen LogP contribution in [0, 0.1) is 0 Å². The van der Waals surface area contributed by atoms with Gasteiger partial charge in [-0.3, -0.25) is 9.78 Å². The lowest BCUT2D eigenvalue weighted by molar-refractivity contribution is 0.623. The van der Waals surface area contributed by atoms with Gasteiger partial charge < -0.3 is 0 Å². The van der Waals surface area contributed by atoms with Crippen molar-refractivity contribution in [3.8, 4) is 0 Å². The van der Waals surface area contributed by atoms with Crippen LogP contribution in [0.5, 0.6) is 0 Å². The first-order chi connectivity index (χ1) is 4.61. The Morgan fingerprint density at radius 1 is 1.50 bits per heavy atom. The summed E-state index contributed by atoms with van der Waals surface area (Å²) in [6, 6.07) is 0.0662. The van der Waals surface area contributed by atoms with Crippen LogP contribution in [0.3, 0.4) is 0 Å². The molecule has 0 spiro atoms. The van der Waals surface area contributed by atoms with E-state index in [1.807, 2.05) is 13.8 Å². The Morgan fingerprint density at radius 3 is 2.30 bits per heavy atom. The van der Waals surface area contributed by atoms with E-state index in [2.05, 4.69) is 4.98 Å². The minimum Gasteiger partial charge on any atom is -0.263 e. The predicted molar refractivity (Wildman–Crippen MR) is 39.6 cm³/mol. The minimum absolute atomic E-state index is 0.0662. The topological polar surface area (TPSA) is 54.9 Å². The van der Waals surface area contributed by atoms with Gasteiger partial charge in [-0.2, -0.15) is 0 Å². The highest BCUT2D eigenvalue weighted by molar-refractivity contribution is 7.03. The SMILES string of the molecule is CC(C)n1sc(=O)[nH]c1=O. The van der Waals surface area contributed by atoms with Crippen molar-refractivity contribution in [1.82, 2.24) is 8.94 Å². The summed E-state index contributed by atoms with van der Waals surface area (Å²) in [5, 5.41) is 0. The predicted octanol–water partition coefficient (Wildman–Crippen LogP) is 0.179. The van der Waals surface area contributed by atoms with Crippen LogP contribution in [0.2, 0.25) is 0 Å². The summed E-state index contributed by atoms with van der Waals surface area (Å²) in [6.07, 6.45) is 0. The number of hydrogen-bond donors (Lipinski definition) is 1. The molecule has 0 radical (unpaired) electrons. The van der Waals surface area contributed by atoms with E-state index in [4.69, 9.17) is 0 Å². The van der Waals surface area contributed by atoms with E-state index in [0.29, 0.717) is 0 Å². The second-order valence-corrected chi connectivity index (χ2v) is 3.18. The fourth-order valence-electron chi connectivity index (χ4n) is 0.636. The first-order valence-electron chi connectivity index (χ1n) is 2.93. The summed E-state index contributed by atoms with van der Waals surface area (Å²) in [7, 11) is 0. The van der Waals surface area contributed by atoms with E-state index < -0.39 is 0 Å². The maximum Gasteiger partial charge on any atom is 0.338 e. The van der Waals surface area contributed by atoms with E-state index in [0.717, 1.165) is 11.5 Å². The lowest BCUT2D eigenvalue weighted by Gasteiger charge is -1.99. The smallest absolute Gasteiger partial charge is 0.263 e. The quantitative estimate of drug-likeness (QED) is 0.637. The molecule has 0 atom stereocenters. The monoisotopic (exact) mass is 160 g/mol. The maximum atomic E-state index is 10.8. The Morgan fingerprint density at radius 2 is 2.10 bits per heavy atom. The van der Waals surface area contributed by atoms with E-state index in [1.54, 1.807) is 0 Å². The number of hydrogen-bond acceptors (Lipinski definition) is 3. The largest absolute Gasteiger partial charge is 0.338 e. The zero-order valence-corrected chi connectivity index (χ0v) is 6.57. The van der Waals surface area contributed by atoms with Crippen LogP contribution < -0.4 is 10.6 Å². The van der Waals surface area contributed by atoms with Gasteiger partial charge in [0.15, 0.2) is 0 Å². The molecule has 0 bridgehead atoms. The summed E-state index contributed by atoms with van der Waals surface area (Å²) in [6.45, 7) is 3.70. The zero-order chi connectivity index (χ0) is 7.72. The highest BCUT2D eigenvalue weighted by atomic mass is 32.1. The second kappa shape index (κ2) is 2.42. The summed E-state index contributed by atoms with van der Waals surface area (Å²) in [4.78, 5) is 23.2. The molecule has 0 aliphatic rings. The van der Waals surface area contributed by atoms with E-state index in [1.165, 1.54) is 3.96 Å². The average molecular weight is 160 g/mol. The van der Waals surface area contributed by atoms with Crippen molar-refractivity contribution in [2.24, 2.45) is 0 Å². The van der Waals surface area contributed by atoms with Crippen LogP contribution in [0.25, 0.3) is 0 Å². The van der Waals surface area contributed by atoms with Crippen LogP contribution in [-0.4, -0.2) is 8.94 Å². The number of rotatable bonds is 1. The van der Waals surface area contributed by atoms with E-state index >= 15 is 0 Å². The Hall–Kier alpha value is -0.840. The Balaban J connectivity index is 3.29. The van der Waals surface area contributed by atoms with Crippen LogP contribution in [0.4, 0.5) is 0 Å². The number of H-pyrrole nitrogens is 1. The molecule has 0 saturated heterocycles. The van der Waals surface area contributed by atoms with Gasteiger partial charge >= 0.3 is 10.6 Å². The molecule has 0 fully saturated rings. The van der Waals surface area contributed by atoms with Gasteiger partial charge in [0.25, 0.3) is 0 Å². The van der Waals surface area contributed by atoms with Crippen LogP contribution in [0.15, 0.2) is 9.59 Å². The van der Waals surface area contributed by atoms with Gasteiger partial charge in [-0.1, -0.05) is 0 Å². The van der Waals surface area contributed by atoms with Crippen LogP contribution in [0.1, 0.15) is 19.9 Å². The third-order valence-electron chi connectivity index (χ3n) is 1.06. The number of aromatic amines is 1. The maximum absolute atomic E-state index is 10.8. The lowest BCUT2D eigenvalue weighted by atomic mass is 10.4. The van der Waals surface area contributed by atoms with E-state index in [-0.39, 0.29) is 16.6 Å². The van der Waals surface area contributed by atoms with Gasteiger partial charge in [0.2, 0.25) is 0 Å². The summed E-state index contributed by atoms with van der Waals surface area (Å²) in [5.74, 6) is 0. The lowest BCUT2D eigenvalue weighted by Crippen LogP contribution is -2.17. The standard InChI is InChI=1S/C5H8N2O2S/c1-3(2)7-4(8)6-5(9)10-7/h3H,1-2H3,(H,6,8,9). The second-order valence-electron chi connectivity index (χ2n) is 2.23. The molecule has 0 amide bonds. The number of nitrogens with one attached hydrogen (secondary N) is 1. The molecule has 0 aliphatic heterocycles. The van der Waals surface area contributed by atoms with Crippen molar-refractivity contribution >= 4 is 11.5 Å². The fraction of sp³-hybridized carbons (Fsp3) is 0.600. The van der Waals surface area contributed by atoms with Gasteiger partial charge in [-0.15, -0.1) is 0 Å². The Labute approximate surface area is 61.3 Å². The van der Waals surface area contributed by atoms with E-state index in [9.17, 15) is 9.59 Å². The minimum atomic E-state index is -0.315. The van der Waals surface area contributed by atoms with Crippen LogP contribution in [-0.2, 0) is 0 Å². The van der Waals surface area contributed by atoms with Crippen LogP contribution >= 0.6 is 11.5 Å². The van der Waals surface area contributed by atoms with Gasteiger partial charge in [0.1, 0.15) is 0 Å². The molecular formula is C5H8N2O2S. The molecule has 4 nitrogen and oxygen atoms in total. The van der Waals surface area contributed by atoms with Crippen molar-refractivity contribution in [2.45, 2.75) is 19.9 Å². The summed E-state index contributed by atoms with van der Waals surface area (Å²) in [5.41, 5.74) is -0.315. The average Bonchev–Trinajstić information content (AvgIpc) is 2.10. The number of aromatic nitrogens is 2. The van der Waals surface area contributed by atoms with Crippen molar-refractivity contribution in [1.29, 1.82) is 0 Å². The molecule has 10 heavy (non-hydrogen) atoms. The molecule has 1 rings (SSSR count). The Bertz CT molecular complexity index is 319. The third kappa shape index (κ3) is 1.18. The summed E-state index contributed by atoms with van der Waals surface area (Å²) >= 11 is 0.916. The highest BCUT2D eigenvalue weighted by Crippen LogP contribution is 1.98. The summed E-state index contributed by atoms with van der Waals surface area (Å²) < 4.78 is 1.41. The molecule has 1 heterocycles. The third-order valence-corrected chi connectivity index (χ3v) is 2.11. The molecule has 1 aromatic heterocycles. The molecule has 0 aliphatic carbocycles. The zero-order valence-electron chi connectivity index (χ0n) is 5.75. The van der Waals surface area contributed by atoms with Crippen molar-refractivity contribution < 1.29 is 0 Å². The van der Waals surface area contributed by atoms with Gasteiger partial charge in [-0.05, 0) is 13.8 Å². The molecule has 0 aromatic carbocycles. The molecule has 0 saturated carbocycles. The Kier molecular flexibility index (Phi) is 1.76. The fourth-order valence-corrected chi connectivity index (χ4v) is 1.29. The van der Waals surface area contributed by atoms with Gasteiger partial charge in [-0.25, -0.2) is 8.75 Å².